The normalized spacial score (nSPS) is 11.6. The molecule has 1 amide bonds. The fraction of sp³-hybridized carbons (Fsp3) is 0.200. The van der Waals surface area contributed by atoms with E-state index in [0.29, 0.717) is 0 Å². The van der Waals surface area contributed by atoms with Crippen molar-refractivity contribution in [2.75, 3.05) is 6.61 Å². The van der Waals surface area contributed by atoms with E-state index in [4.69, 9.17) is 10.2 Å². The summed E-state index contributed by atoms with van der Waals surface area (Å²) < 4.78 is 0. The molecule has 8 heteroatoms. The summed E-state index contributed by atoms with van der Waals surface area (Å²) in [6.45, 7) is -0.804. The third-order valence-electron chi connectivity index (χ3n) is 2.13. The maximum atomic E-state index is 11.7. The average molecular weight is 254 g/mol. The number of carboxylic acid groups (broad SMARTS) is 1. The second-order valence-electron chi connectivity index (χ2n) is 3.32. The van der Waals surface area contributed by atoms with Crippen molar-refractivity contribution in [3.8, 4) is 0 Å². The van der Waals surface area contributed by atoms with E-state index in [2.05, 4.69) is 0 Å². The second-order valence-corrected chi connectivity index (χ2v) is 3.32. The number of carbonyl (C=O) groups is 2. The van der Waals surface area contributed by atoms with Crippen LogP contribution in [-0.4, -0.2) is 39.7 Å². The molecule has 8 nitrogen and oxygen atoms in total. The Bertz CT molecular complexity index is 487. The maximum absolute atomic E-state index is 11.7. The number of nitro benzene ring substituents is 1. The Kier molecular flexibility index (Phi) is 4.33. The van der Waals surface area contributed by atoms with Gasteiger partial charge in [0.15, 0.2) is 6.04 Å². The molecule has 0 saturated heterocycles. The first-order chi connectivity index (χ1) is 8.47. The quantitative estimate of drug-likeness (QED) is 0.491. The molecule has 0 aliphatic rings. The van der Waals surface area contributed by atoms with Gasteiger partial charge in [0.2, 0.25) is 0 Å². The van der Waals surface area contributed by atoms with E-state index in [1.54, 1.807) is 0 Å². The number of nitrogens with one attached hydrogen (secondary N) is 1. The Labute approximate surface area is 101 Å². The zero-order chi connectivity index (χ0) is 13.7. The molecule has 1 rings (SSSR count). The Hall–Kier alpha value is -2.48. The highest BCUT2D eigenvalue weighted by molar-refractivity contribution is 5.99. The lowest BCUT2D eigenvalue weighted by molar-refractivity contribution is -0.385. The van der Waals surface area contributed by atoms with Gasteiger partial charge in [-0.3, -0.25) is 14.9 Å². The van der Waals surface area contributed by atoms with Crippen molar-refractivity contribution in [2.45, 2.75) is 6.04 Å². The summed E-state index contributed by atoms with van der Waals surface area (Å²) in [6.07, 6.45) is 0. The number of para-hydroxylation sites is 1. The fourth-order valence-electron chi connectivity index (χ4n) is 1.25. The lowest BCUT2D eigenvalue weighted by Gasteiger charge is -2.11. The molecule has 0 heterocycles. The number of benzene rings is 1. The topological polar surface area (TPSA) is 130 Å². The van der Waals surface area contributed by atoms with Crippen molar-refractivity contribution < 1.29 is 24.7 Å². The minimum absolute atomic E-state index is 0.262. The van der Waals surface area contributed by atoms with Crippen LogP contribution in [0.1, 0.15) is 10.4 Å². The number of hydrogen-bond acceptors (Lipinski definition) is 5. The molecule has 96 valence electrons. The number of nitrogens with zero attached hydrogens (tertiary/aromatic N) is 1. The van der Waals surface area contributed by atoms with Crippen LogP contribution < -0.4 is 5.32 Å². The smallest absolute Gasteiger partial charge is 0.328 e. The first-order valence-electron chi connectivity index (χ1n) is 4.85. The van der Waals surface area contributed by atoms with Gasteiger partial charge < -0.3 is 15.5 Å². The maximum Gasteiger partial charge on any atom is 0.328 e. The number of nitro groups is 1. The third kappa shape index (κ3) is 3.01. The number of aliphatic hydroxyl groups excluding tert-OH is 1. The van der Waals surface area contributed by atoms with Gasteiger partial charge >= 0.3 is 5.97 Å². The van der Waals surface area contributed by atoms with Crippen molar-refractivity contribution in [2.24, 2.45) is 0 Å². The van der Waals surface area contributed by atoms with Gasteiger partial charge in [0.25, 0.3) is 11.6 Å². The highest BCUT2D eigenvalue weighted by atomic mass is 16.6. The summed E-state index contributed by atoms with van der Waals surface area (Å²) in [6, 6.07) is 3.62. The number of hydrogen-bond donors (Lipinski definition) is 3. The minimum Gasteiger partial charge on any atom is -0.480 e. The molecular formula is C10H10N2O6. The standard InChI is InChI=1S/C10H10N2O6/c13-5-7(10(15)16)11-9(14)6-3-1-2-4-8(6)12(17)18/h1-4,7,13H,5H2,(H,11,14)(H,15,16)/t7-/m0/s1. The summed E-state index contributed by atoms with van der Waals surface area (Å²) in [5, 5.41) is 30.0. The molecule has 1 atom stereocenters. The van der Waals surface area contributed by atoms with E-state index in [0.717, 1.165) is 6.07 Å². The largest absolute Gasteiger partial charge is 0.480 e. The summed E-state index contributed by atoms with van der Waals surface area (Å²) in [5.74, 6) is -2.35. The highest BCUT2D eigenvalue weighted by Gasteiger charge is 2.24. The van der Waals surface area contributed by atoms with Crippen LogP contribution in [0.15, 0.2) is 24.3 Å². The Balaban J connectivity index is 2.97. The molecule has 0 unspecified atom stereocenters. The SMILES string of the molecule is O=C(N[C@@H](CO)C(=O)O)c1ccccc1[N+](=O)[O-]. The summed E-state index contributed by atoms with van der Waals surface area (Å²) in [7, 11) is 0. The van der Waals surface area contributed by atoms with Crippen LogP contribution in [0.4, 0.5) is 5.69 Å². The molecule has 0 spiro atoms. The Morgan fingerprint density at radius 2 is 2.00 bits per heavy atom. The summed E-state index contributed by atoms with van der Waals surface area (Å²) in [5.41, 5.74) is -0.695. The van der Waals surface area contributed by atoms with E-state index in [1.807, 2.05) is 5.32 Å². The van der Waals surface area contributed by atoms with Crippen molar-refractivity contribution >= 4 is 17.6 Å². The summed E-state index contributed by atoms with van der Waals surface area (Å²) in [4.78, 5) is 32.2. The van der Waals surface area contributed by atoms with Gasteiger partial charge in [0.1, 0.15) is 5.56 Å². The molecule has 0 bridgehead atoms. The Morgan fingerprint density at radius 1 is 1.39 bits per heavy atom. The van der Waals surface area contributed by atoms with Crippen LogP contribution in [0.5, 0.6) is 0 Å². The molecule has 3 N–H and O–H groups in total. The van der Waals surface area contributed by atoms with Gasteiger partial charge in [-0.1, -0.05) is 12.1 Å². The average Bonchev–Trinajstić information content (AvgIpc) is 2.35. The number of carbonyl (C=O) groups excluding carboxylic acids is 1. The van der Waals surface area contributed by atoms with Gasteiger partial charge in [0, 0.05) is 6.07 Å². The van der Waals surface area contributed by atoms with Crippen LogP contribution in [-0.2, 0) is 4.79 Å². The second kappa shape index (κ2) is 5.73. The van der Waals surface area contributed by atoms with Crippen LogP contribution in [0, 0.1) is 10.1 Å². The van der Waals surface area contributed by atoms with Gasteiger partial charge in [-0.25, -0.2) is 4.79 Å². The molecule has 0 aliphatic heterocycles. The highest BCUT2D eigenvalue weighted by Crippen LogP contribution is 2.17. The van der Waals surface area contributed by atoms with Gasteiger partial charge in [-0.2, -0.15) is 0 Å². The molecule has 0 radical (unpaired) electrons. The number of aliphatic carboxylic acids is 1. The molecule has 0 aliphatic carbocycles. The monoisotopic (exact) mass is 254 g/mol. The summed E-state index contributed by atoms with van der Waals surface area (Å²) >= 11 is 0. The molecular weight excluding hydrogens is 244 g/mol. The van der Waals surface area contributed by atoms with Gasteiger partial charge in [0.05, 0.1) is 11.5 Å². The zero-order valence-electron chi connectivity index (χ0n) is 9.07. The fourth-order valence-corrected chi connectivity index (χ4v) is 1.25. The van der Waals surface area contributed by atoms with Gasteiger partial charge in [-0.15, -0.1) is 0 Å². The van der Waals surface area contributed by atoms with E-state index < -0.39 is 35.1 Å². The van der Waals surface area contributed by atoms with Crippen molar-refractivity contribution in [1.82, 2.24) is 5.32 Å². The molecule has 18 heavy (non-hydrogen) atoms. The number of carboxylic acids is 1. The third-order valence-corrected chi connectivity index (χ3v) is 2.13. The molecule has 0 fully saturated rings. The van der Waals surface area contributed by atoms with Crippen molar-refractivity contribution in [1.29, 1.82) is 0 Å². The zero-order valence-corrected chi connectivity index (χ0v) is 9.07. The number of amides is 1. The lowest BCUT2D eigenvalue weighted by atomic mass is 10.1. The van der Waals surface area contributed by atoms with Crippen molar-refractivity contribution in [3.05, 3.63) is 39.9 Å². The van der Waals surface area contributed by atoms with E-state index in [9.17, 15) is 19.7 Å². The minimum atomic E-state index is -1.50. The molecule has 0 aromatic heterocycles. The first kappa shape index (κ1) is 13.6. The predicted octanol–water partition coefficient (Wildman–Crippen LogP) is -0.230. The van der Waals surface area contributed by atoms with Crippen LogP contribution >= 0.6 is 0 Å². The lowest BCUT2D eigenvalue weighted by Crippen LogP contribution is -2.43. The van der Waals surface area contributed by atoms with Crippen molar-refractivity contribution in [3.63, 3.8) is 0 Å². The van der Waals surface area contributed by atoms with E-state index in [-0.39, 0.29) is 5.56 Å². The Morgan fingerprint density at radius 3 is 2.50 bits per heavy atom. The van der Waals surface area contributed by atoms with Crippen LogP contribution in [0.25, 0.3) is 0 Å². The van der Waals surface area contributed by atoms with Crippen LogP contribution in [0.3, 0.4) is 0 Å². The number of aliphatic hydroxyl groups is 1. The molecule has 0 saturated carbocycles. The van der Waals surface area contributed by atoms with Crippen LogP contribution in [0.2, 0.25) is 0 Å². The molecule has 1 aromatic rings. The number of rotatable bonds is 5. The predicted molar refractivity (Wildman–Crippen MR) is 59.1 cm³/mol. The first-order valence-corrected chi connectivity index (χ1v) is 4.85. The van der Waals surface area contributed by atoms with E-state index >= 15 is 0 Å². The van der Waals surface area contributed by atoms with Gasteiger partial charge in [-0.05, 0) is 6.07 Å². The van der Waals surface area contributed by atoms with E-state index in [1.165, 1.54) is 18.2 Å². The molecule has 1 aromatic carbocycles.